The highest BCUT2D eigenvalue weighted by Gasteiger charge is 2.34. The number of carbonyl (C=O) groups is 3. The molecule has 2 aromatic carbocycles. The summed E-state index contributed by atoms with van der Waals surface area (Å²) in [7, 11) is 1.49. The van der Waals surface area contributed by atoms with Crippen LogP contribution in [0.1, 0.15) is 21.5 Å². The summed E-state index contributed by atoms with van der Waals surface area (Å²) in [6, 6.07) is 11.6. The first-order valence-electron chi connectivity index (χ1n) is 8.75. The van der Waals surface area contributed by atoms with Gasteiger partial charge in [0, 0.05) is 11.1 Å². The number of fused-ring (bicyclic) bond motifs is 1. The molecular weight excluding hydrogens is 374 g/mol. The van der Waals surface area contributed by atoms with E-state index in [0.717, 1.165) is 0 Å². The number of benzene rings is 2. The van der Waals surface area contributed by atoms with Crippen molar-refractivity contribution in [3.8, 4) is 11.5 Å². The number of rotatable bonds is 7. The molecule has 0 N–H and O–H groups in total. The molecule has 7 nitrogen and oxygen atoms in total. The molecule has 0 spiro atoms. The Morgan fingerprint density at radius 2 is 1.83 bits per heavy atom. The summed E-state index contributed by atoms with van der Waals surface area (Å²) in [5.74, 6) is -1.92. The van der Waals surface area contributed by atoms with Crippen molar-refractivity contribution in [1.82, 2.24) is 4.90 Å². The fraction of sp³-hybridized carbons (Fsp3) is 0.136. The number of carbonyl (C=O) groups excluding carboxylic acids is 3. The third-order valence-corrected chi connectivity index (χ3v) is 4.31. The Morgan fingerprint density at radius 1 is 1.10 bits per heavy atom. The maximum Gasteiger partial charge on any atom is 0.261 e. The fourth-order valence-corrected chi connectivity index (χ4v) is 3.02. The molecule has 3 rings (SSSR count). The Hall–Kier alpha value is -3.87. The second-order valence-electron chi connectivity index (χ2n) is 6.18. The Morgan fingerprint density at radius 3 is 2.48 bits per heavy atom. The summed E-state index contributed by atoms with van der Waals surface area (Å²) in [6.45, 7) is 3.09. The van der Waals surface area contributed by atoms with Gasteiger partial charge in [0.05, 0.1) is 19.6 Å². The second-order valence-corrected chi connectivity index (χ2v) is 6.18. The van der Waals surface area contributed by atoms with Crippen LogP contribution in [0.25, 0.3) is 11.6 Å². The molecule has 2 amide bonds. The lowest BCUT2D eigenvalue weighted by atomic mass is 9.92. The molecule has 148 valence electrons. The van der Waals surface area contributed by atoms with Gasteiger partial charge < -0.3 is 19.4 Å². The normalized spacial score (nSPS) is 14.5. The molecule has 0 unspecified atom stereocenters. The van der Waals surface area contributed by atoms with Crippen molar-refractivity contribution < 1.29 is 29.0 Å². The zero-order valence-electron chi connectivity index (χ0n) is 15.7. The quantitative estimate of drug-likeness (QED) is 0.403. The van der Waals surface area contributed by atoms with Gasteiger partial charge in [-0.25, -0.2) is 0 Å². The van der Waals surface area contributed by atoms with Crippen LogP contribution in [0, 0.1) is 0 Å². The summed E-state index contributed by atoms with van der Waals surface area (Å²) >= 11 is 0. The van der Waals surface area contributed by atoms with E-state index >= 15 is 0 Å². The van der Waals surface area contributed by atoms with Crippen LogP contribution in [0.2, 0.25) is 0 Å². The summed E-state index contributed by atoms with van der Waals surface area (Å²) in [6.07, 6.45) is 3.19. The summed E-state index contributed by atoms with van der Waals surface area (Å²) in [5.41, 5.74) is 1.50. The van der Waals surface area contributed by atoms with Gasteiger partial charge in [0.1, 0.15) is 6.61 Å². The summed E-state index contributed by atoms with van der Waals surface area (Å²) in [4.78, 5) is 37.1. The SMILES string of the molecule is C=CCOc1ccc(/C=C2\C(=O)N(CC(=O)[O-])C(=O)c3ccccc32)cc1OC. The predicted octanol–water partition coefficient (Wildman–Crippen LogP) is 1.53. The minimum Gasteiger partial charge on any atom is -0.548 e. The Balaban J connectivity index is 2.08. The number of nitrogens with zero attached hydrogens (tertiary/aromatic N) is 1. The minimum atomic E-state index is -1.52. The van der Waals surface area contributed by atoms with E-state index in [1.807, 2.05) is 0 Å². The zero-order valence-corrected chi connectivity index (χ0v) is 15.7. The van der Waals surface area contributed by atoms with Crippen molar-refractivity contribution in [2.75, 3.05) is 20.3 Å². The molecule has 0 bridgehead atoms. The van der Waals surface area contributed by atoms with Crippen LogP contribution in [0.5, 0.6) is 11.5 Å². The molecule has 0 aliphatic carbocycles. The van der Waals surface area contributed by atoms with Gasteiger partial charge in [0.25, 0.3) is 11.8 Å². The average Bonchev–Trinajstić information content (AvgIpc) is 2.72. The Bertz CT molecular complexity index is 1020. The first-order chi connectivity index (χ1) is 14.0. The third-order valence-electron chi connectivity index (χ3n) is 4.31. The van der Waals surface area contributed by atoms with E-state index in [-0.39, 0.29) is 11.1 Å². The van der Waals surface area contributed by atoms with Gasteiger partial charge in [0.2, 0.25) is 0 Å². The van der Waals surface area contributed by atoms with E-state index in [0.29, 0.717) is 34.1 Å². The first-order valence-corrected chi connectivity index (χ1v) is 8.75. The summed E-state index contributed by atoms with van der Waals surface area (Å²) in [5, 5.41) is 11.0. The van der Waals surface area contributed by atoms with Gasteiger partial charge in [0.15, 0.2) is 11.5 Å². The molecule has 0 saturated heterocycles. The molecule has 1 heterocycles. The molecule has 0 radical (unpaired) electrons. The van der Waals surface area contributed by atoms with Crippen molar-refractivity contribution in [2.24, 2.45) is 0 Å². The van der Waals surface area contributed by atoms with Crippen molar-refractivity contribution in [1.29, 1.82) is 0 Å². The molecule has 0 aromatic heterocycles. The van der Waals surface area contributed by atoms with Crippen molar-refractivity contribution in [3.63, 3.8) is 0 Å². The standard InChI is InChI=1S/C22H19NO6/c1-3-10-29-18-9-8-14(12-19(18)28-2)11-17-15-6-4-5-7-16(15)21(26)23(22(17)27)13-20(24)25/h3-9,11-12H,1,10,13H2,2H3,(H,24,25)/p-1/b17-11-. The second kappa shape index (κ2) is 8.43. The topological polar surface area (TPSA) is 96.0 Å². The highest BCUT2D eigenvalue weighted by Crippen LogP contribution is 2.33. The summed E-state index contributed by atoms with van der Waals surface area (Å²) < 4.78 is 10.9. The molecular formula is C22H18NO6-. The van der Waals surface area contributed by atoms with E-state index in [9.17, 15) is 19.5 Å². The van der Waals surface area contributed by atoms with Crippen LogP contribution in [0.3, 0.4) is 0 Å². The molecule has 0 fully saturated rings. The number of aliphatic carboxylic acids is 1. The highest BCUT2D eigenvalue weighted by molar-refractivity contribution is 6.34. The Kier molecular flexibility index (Phi) is 5.78. The molecule has 1 aliphatic rings. The molecule has 7 heteroatoms. The maximum absolute atomic E-state index is 12.9. The molecule has 29 heavy (non-hydrogen) atoms. The minimum absolute atomic E-state index is 0.197. The van der Waals surface area contributed by atoms with Crippen LogP contribution >= 0.6 is 0 Å². The number of hydrogen-bond donors (Lipinski definition) is 0. The van der Waals surface area contributed by atoms with Gasteiger partial charge in [-0.1, -0.05) is 36.9 Å². The van der Waals surface area contributed by atoms with E-state index < -0.39 is 24.3 Å². The number of carboxylic acid groups (broad SMARTS) is 1. The van der Waals surface area contributed by atoms with Crippen LogP contribution in [0.15, 0.2) is 55.1 Å². The van der Waals surface area contributed by atoms with Crippen LogP contribution < -0.4 is 14.6 Å². The number of hydrogen-bond acceptors (Lipinski definition) is 6. The lowest BCUT2D eigenvalue weighted by Gasteiger charge is -2.28. The predicted molar refractivity (Wildman–Crippen MR) is 104 cm³/mol. The molecule has 1 aliphatic heterocycles. The number of ether oxygens (including phenoxy) is 2. The fourth-order valence-electron chi connectivity index (χ4n) is 3.02. The van der Waals surface area contributed by atoms with Crippen molar-refractivity contribution >= 4 is 29.4 Å². The van der Waals surface area contributed by atoms with E-state index in [1.54, 1.807) is 54.6 Å². The van der Waals surface area contributed by atoms with Crippen molar-refractivity contribution in [2.45, 2.75) is 0 Å². The van der Waals surface area contributed by atoms with Gasteiger partial charge in [-0.05, 0) is 35.4 Å². The van der Waals surface area contributed by atoms with E-state index in [2.05, 4.69) is 6.58 Å². The van der Waals surface area contributed by atoms with Gasteiger partial charge in [-0.3, -0.25) is 14.5 Å². The molecule has 0 saturated carbocycles. The Labute approximate surface area is 167 Å². The average molecular weight is 392 g/mol. The van der Waals surface area contributed by atoms with Gasteiger partial charge in [-0.15, -0.1) is 0 Å². The zero-order chi connectivity index (χ0) is 21.0. The third kappa shape index (κ3) is 4.03. The van der Waals surface area contributed by atoms with Crippen LogP contribution in [-0.4, -0.2) is 42.9 Å². The number of carboxylic acids is 1. The van der Waals surface area contributed by atoms with Gasteiger partial charge >= 0.3 is 0 Å². The molecule has 0 atom stereocenters. The number of amides is 2. The number of methoxy groups -OCH3 is 1. The van der Waals surface area contributed by atoms with Gasteiger partial charge in [-0.2, -0.15) is 0 Å². The maximum atomic E-state index is 12.9. The van der Waals surface area contributed by atoms with E-state index in [4.69, 9.17) is 9.47 Å². The number of imide groups is 1. The highest BCUT2D eigenvalue weighted by atomic mass is 16.5. The van der Waals surface area contributed by atoms with Crippen LogP contribution in [-0.2, 0) is 9.59 Å². The largest absolute Gasteiger partial charge is 0.548 e. The van der Waals surface area contributed by atoms with E-state index in [1.165, 1.54) is 7.11 Å². The first kappa shape index (κ1) is 19.9. The monoisotopic (exact) mass is 392 g/mol. The lowest BCUT2D eigenvalue weighted by molar-refractivity contribution is -0.305. The van der Waals surface area contributed by atoms with Crippen molar-refractivity contribution in [3.05, 3.63) is 71.8 Å². The van der Waals surface area contributed by atoms with Crippen LogP contribution in [0.4, 0.5) is 0 Å². The molecule has 2 aromatic rings. The smallest absolute Gasteiger partial charge is 0.261 e. The lowest BCUT2D eigenvalue weighted by Crippen LogP contribution is -2.47.